The van der Waals surface area contributed by atoms with Gasteiger partial charge < -0.3 is 15.9 Å². The van der Waals surface area contributed by atoms with Crippen LogP contribution in [0.3, 0.4) is 0 Å². The molecule has 4 N–H and O–H groups in total. The van der Waals surface area contributed by atoms with Crippen molar-refractivity contribution < 1.29 is 24.6 Å². The van der Waals surface area contributed by atoms with Crippen molar-refractivity contribution in [2.75, 3.05) is 0 Å². The number of aliphatic hydroxyl groups is 2. The van der Waals surface area contributed by atoms with Gasteiger partial charge in [0.05, 0.1) is 0 Å². The van der Waals surface area contributed by atoms with Crippen LogP contribution >= 0.6 is 0 Å². The number of primary amides is 1. The predicted octanol–water partition coefficient (Wildman–Crippen LogP) is -0.463. The highest BCUT2D eigenvalue weighted by Gasteiger charge is 2.44. The quantitative estimate of drug-likeness (QED) is 0.493. The number of nitrogens with zero attached hydrogens (tertiary/aromatic N) is 1. The Balaban J connectivity index is 5.82. The highest BCUT2D eigenvalue weighted by atomic mass is 16.3. The largest absolute Gasteiger partial charge is 0.379 e. The fourth-order valence-electron chi connectivity index (χ4n) is 2.82. The zero-order chi connectivity index (χ0) is 16.1. The third-order valence-electron chi connectivity index (χ3n) is 3.01. The van der Waals surface area contributed by atoms with E-state index in [1.807, 2.05) is 0 Å². The Morgan fingerprint density at radius 2 is 1.35 bits per heavy atom. The zero-order valence-corrected chi connectivity index (χ0v) is 12.4. The zero-order valence-electron chi connectivity index (χ0n) is 12.4. The second-order valence-corrected chi connectivity index (χ2v) is 5.30. The lowest BCUT2D eigenvalue weighted by molar-refractivity contribution is -0.162. The molecule has 0 aromatic carbocycles. The molecule has 7 nitrogen and oxygen atoms in total. The molecule has 0 rings (SSSR count). The van der Waals surface area contributed by atoms with Crippen LogP contribution in [0, 0.1) is 0 Å². The number of carbonyl (C=O) groups excluding carboxylic acids is 3. The number of aliphatic hydroxyl groups excluding tert-OH is 2. The van der Waals surface area contributed by atoms with Crippen LogP contribution < -0.4 is 5.73 Å². The van der Waals surface area contributed by atoms with Gasteiger partial charge in [0.1, 0.15) is 24.0 Å². The smallest absolute Gasteiger partial charge is 0.219 e. The average Bonchev–Trinajstić information content (AvgIpc) is 2.10. The maximum absolute atomic E-state index is 11.5. The third kappa shape index (κ3) is 5.36. The minimum atomic E-state index is -1.31. The normalized spacial score (nSPS) is 14.9. The van der Waals surface area contributed by atoms with Gasteiger partial charge in [-0.2, -0.15) is 0 Å². The molecule has 20 heavy (non-hydrogen) atoms. The van der Waals surface area contributed by atoms with Crippen molar-refractivity contribution in [3.05, 3.63) is 0 Å². The number of hydrogen-bond donors (Lipinski definition) is 3. The van der Waals surface area contributed by atoms with Gasteiger partial charge in [-0.3, -0.25) is 14.4 Å². The van der Waals surface area contributed by atoms with Gasteiger partial charge >= 0.3 is 0 Å². The molecule has 7 heteroatoms. The summed E-state index contributed by atoms with van der Waals surface area (Å²) in [5.41, 5.74) is 3.90. The lowest BCUT2D eigenvalue weighted by atomic mass is 9.82. The first kappa shape index (κ1) is 18.7. The first-order chi connectivity index (χ1) is 9.01. The van der Waals surface area contributed by atoms with E-state index in [2.05, 4.69) is 0 Å². The van der Waals surface area contributed by atoms with Crippen molar-refractivity contribution in [3.8, 4) is 0 Å². The molecule has 0 aliphatic carbocycles. The van der Waals surface area contributed by atoms with Crippen LogP contribution in [-0.2, 0) is 14.4 Å². The van der Waals surface area contributed by atoms with Gasteiger partial charge in [-0.05, 0) is 27.7 Å². The van der Waals surface area contributed by atoms with Crippen LogP contribution in [0.15, 0.2) is 0 Å². The molecule has 0 radical (unpaired) electrons. The highest BCUT2D eigenvalue weighted by Crippen LogP contribution is 2.32. The van der Waals surface area contributed by atoms with E-state index in [-0.39, 0.29) is 30.8 Å². The molecule has 0 aliphatic heterocycles. The molecule has 0 aliphatic rings. The summed E-state index contributed by atoms with van der Waals surface area (Å²) in [4.78, 5) is 35.6. The van der Waals surface area contributed by atoms with E-state index >= 15 is 0 Å². The minimum absolute atomic E-state index is 0.161. The van der Waals surface area contributed by atoms with Crippen LogP contribution in [0.1, 0.15) is 47.0 Å². The number of nitrogens with two attached hydrogens (primary N) is 1. The van der Waals surface area contributed by atoms with Crippen molar-refractivity contribution >= 4 is 17.5 Å². The predicted molar refractivity (Wildman–Crippen MR) is 72.3 cm³/mol. The number of carbonyl (C=O) groups is 3. The van der Waals surface area contributed by atoms with Gasteiger partial charge in [0, 0.05) is 24.8 Å². The summed E-state index contributed by atoms with van der Waals surface area (Å²) in [6.45, 7) is 5.42. The van der Waals surface area contributed by atoms with E-state index in [1.54, 1.807) is 0 Å². The van der Waals surface area contributed by atoms with E-state index in [0.717, 1.165) is 0 Å². The molecule has 0 bridgehead atoms. The monoisotopic (exact) mass is 288 g/mol. The Morgan fingerprint density at radius 3 is 1.55 bits per heavy atom. The van der Waals surface area contributed by atoms with Gasteiger partial charge in [0.2, 0.25) is 5.91 Å². The summed E-state index contributed by atoms with van der Waals surface area (Å²) in [6.07, 6.45) is -2.92. The van der Waals surface area contributed by atoms with Crippen LogP contribution in [0.2, 0.25) is 0 Å². The number of hydrogen-bond acceptors (Lipinski definition) is 6. The lowest BCUT2D eigenvalue weighted by Gasteiger charge is -2.45. The van der Waals surface area contributed by atoms with Crippen molar-refractivity contribution in [3.63, 3.8) is 0 Å². The van der Waals surface area contributed by atoms with Crippen molar-refractivity contribution in [2.45, 2.75) is 65.0 Å². The Labute approximate surface area is 118 Å². The second-order valence-electron chi connectivity index (χ2n) is 5.30. The van der Waals surface area contributed by atoms with Gasteiger partial charge in [0.25, 0.3) is 0 Å². The number of Topliss-reactive ketones (excluding diaryl/α,β-unsaturated/α-hetero) is 2. The molecule has 0 heterocycles. The Morgan fingerprint density at radius 1 is 1.00 bits per heavy atom. The molecule has 1 amide bonds. The summed E-state index contributed by atoms with van der Waals surface area (Å²) in [6, 6.07) is 0. The van der Waals surface area contributed by atoms with Crippen LogP contribution in [0.25, 0.3) is 0 Å². The molecule has 0 aromatic heterocycles. The molecule has 2 atom stereocenters. The van der Waals surface area contributed by atoms with Crippen LogP contribution in [0.4, 0.5) is 0 Å². The number of ketones is 2. The topological polar surface area (TPSA) is 121 Å². The van der Waals surface area contributed by atoms with Crippen LogP contribution in [-0.4, -0.2) is 50.6 Å². The summed E-state index contributed by atoms with van der Waals surface area (Å²) < 4.78 is 0. The Kier molecular flexibility index (Phi) is 6.98. The minimum Gasteiger partial charge on any atom is -0.379 e. The Bertz CT molecular complexity index is 330. The summed E-state index contributed by atoms with van der Waals surface area (Å²) in [5, 5.41) is 19.7. The van der Waals surface area contributed by atoms with Crippen LogP contribution in [0.5, 0.6) is 0 Å². The third-order valence-corrected chi connectivity index (χ3v) is 3.01. The van der Waals surface area contributed by atoms with Crippen molar-refractivity contribution in [1.29, 1.82) is 0 Å². The molecule has 0 fully saturated rings. The Hall–Kier alpha value is -1.31. The van der Waals surface area contributed by atoms with E-state index in [1.165, 1.54) is 32.6 Å². The SMILES string of the molecule is CC(=O)CC(CC(C)=O)(CC(N)=O)N(C(C)O)C(C)O. The summed E-state index contributed by atoms with van der Waals surface area (Å²) in [7, 11) is 0. The second kappa shape index (κ2) is 7.47. The molecule has 0 saturated heterocycles. The maximum atomic E-state index is 11.5. The van der Waals surface area contributed by atoms with E-state index in [0.29, 0.717) is 0 Å². The first-order valence-electron chi connectivity index (χ1n) is 6.43. The molecule has 116 valence electrons. The fraction of sp³-hybridized carbons (Fsp3) is 0.769. The number of amides is 1. The van der Waals surface area contributed by atoms with E-state index in [9.17, 15) is 24.6 Å². The van der Waals surface area contributed by atoms with Gasteiger partial charge in [-0.25, -0.2) is 4.90 Å². The maximum Gasteiger partial charge on any atom is 0.219 e. The average molecular weight is 288 g/mol. The molecular formula is C13H24N2O5. The van der Waals surface area contributed by atoms with E-state index < -0.39 is 23.9 Å². The van der Waals surface area contributed by atoms with Crippen molar-refractivity contribution in [1.82, 2.24) is 4.90 Å². The summed E-state index contributed by atoms with van der Waals surface area (Å²) in [5.74, 6) is -1.24. The lowest BCUT2D eigenvalue weighted by Crippen LogP contribution is -2.59. The fourth-order valence-corrected chi connectivity index (χ4v) is 2.82. The van der Waals surface area contributed by atoms with E-state index in [4.69, 9.17) is 5.73 Å². The van der Waals surface area contributed by atoms with Gasteiger partial charge in [0.15, 0.2) is 0 Å². The highest BCUT2D eigenvalue weighted by molar-refractivity contribution is 5.84. The molecule has 2 unspecified atom stereocenters. The van der Waals surface area contributed by atoms with Gasteiger partial charge in [-0.15, -0.1) is 0 Å². The van der Waals surface area contributed by atoms with Crippen molar-refractivity contribution in [2.24, 2.45) is 5.73 Å². The standard InChI is InChI=1S/C13H24N2O5/c1-8(16)5-13(6-9(2)17,7-12(14)20)15(10(3)18)11(4)19/h10-11,18-19H,5-7H2,1-4H3,(H2,14,20). The molecule has 0 saturated carbocycles. The molecule has 0 spiro atoms. The molecular weight excluding hydrogens is 264 g/mol. The number of rotatable bonds is 9. The summed E-state index contributed by atoms with van der Waals surface area (Å²) >= 11 is 0. The van der Waals surface area contributed by atoms with Gasteiger partial charge in [-0.1, -0.05) is 0 Å². The first-order valence-corrected chi connectivity index (χ1v) is 6.43. The molecule has 0 aromatic rings.